The van der Waals surface area contributed by atoms with Crippen LogP contribution in [0.2, 0.25) is 0 Å². The largest absolute Gasteiger partial charge is 0.508 e. The van der Waals surface area contributed by atoms with E-state index in [9.17, 15) is 9.90 Å². The molecule has 6 nitrogen and oxygen atoms in total. The number of aryl methyl sites for hydroxylation is 1. The number of carbonyl (C=O) groups excluding carboxylic acids is 1. The van der Waals surface area contributed by atoms with Gasteiger partial charge in [0.25, 0.3) is 5.91 Å². The van der Waals surface area contributed by atoms with Crippen molar-refractivity contribution in [1.82, 2.24) is 14.5 Å². The van der Waals surface area contributed by atoms with Gasteiger partial charge in [-0.15, -0.1) is 0 Å². The van der Waals surface area contributed by atoms with Crippen LogP contribution < -0.4 is 0 Å². The summed E-state index contributed by atoms with van der Waals surface area (Å²) >= 11 is 0. The Labute approximate surface area is 164 Å². The molecule has 2 aromatic heterocycles. The summed E-state index contributed by atoms with van der Waals surface area (Å²) in [5.74, 6) is 0.0948. The molecule has 1 N–H and O–H groups in total. The van der Waals surface area contributed by atoms with Gasteiger partial charge < -0.3 is 19.3 Å². The number of phenols is 1. The average Bonchev–Trinajstić information content (AvgIpc) is 3.28. The lowest BCUT2D eigenvalue weighted by atomic mass is 10.1. The second-order valence-corrected chi connectivity index (χ2v) is 7.36. The number of aromatic hydroxyl groups is 1. The Morgan fingerprint density at radius 2 is 2.21 bits per heavy atom. The molecule has 3 heterocycles. The molecule has 28 heavy (non-hydrogen) atoms. The minimum atomic E-state index is -0.0603. The second-order valence-electron chi connectivity index (χ2n) is 7.36. The maximum atomic E-state index is 13.6. The molecule has 1 saturated heterocycles. The standard InChI is InChI=1S/C22H25N3O3/c1-15-21(19-12-17(26)8-9-20(19)24(15)2)22(27)25(14-18-7-5-11-28-18)13-16-6-3-4-10-23-16/h3-4,6,8-10,12,18,26H,5,7,11,13-14H2,1-2H3. The summed E-state index contributed by atoms with van der Waals surface area (Å²) in [7, 11) is 1.94. The third-order valence-corrected chi connectivity index (χ3v) is 5.50. The molecule has 0 radical (unpaired) electrons. The van der Waals surface area contributed by atoms with E-state index in [4.69, 9.17) is 4.74 Å². The number of ether oxygens (including phenoxy) is 1. The molecular formula is C22H25N3O3. The number of nitrogens with zero attached hydrogens (tertiary/aromatic N) is 3. The summed E-state index contributed by atoms with van der Waals surface area (Å²) in [5.41, 5.74) is 3.27. The van der Waals surface area contributed by atoms with Crippen LogP contribution in [0, 0.1) is 6.92 Å². The monoisotopic (exact) mass is 379 g/mol. The van der Waals surface area contributed by atoms with Gasteiger partial charge in [-0.3, -0.25) is 9.78 Å². The van der Waals surface area contributed by atoms with Crippen molar-refractivity contribution in [3.05, 3.63) is 59.5 Å². The van der Waals surface area contributed by atoms with Crippen molar-refractivity contribution in [2.75, 3.05) is 13.2 Å². The van der Waals surface area contributed by atoms with Crippen molar-refractivity contribution >= 4 is 16.8 Å². The number of phenolic OH excluding ortho intramolecular Hbond substituents is 1. The van der Waals surface area contributed by atoms with Crippen LogP contribution in [0.3, 0.4) is 0 Å². The van der Waals surface area contributed by atoms with E-state index in [-0.39, 0.29) is 17.8 Å². The SMILES string of the molecule is Cc1c(C(=O)N(Cc2ccccn2)CC2CCCO2)c2cc(O)ccc2n1C. The summed E-state index contributed by atoms with van der Waals surface area (Å²) in [4.78, 5) is 19.9. The number of rotatable bonds is 5. The number of hydrogen-bond donors (Lipinski definition) is 1. The van der Waals surface area contributed by atoms with Crippen LogP contribution in [-0.2, 0) is 18.3 Å². The Bertz CT molecular complexity index is 991. The first-order valence-corrected chi connectivity index (χ1v) is 9.63. The fourth-order valence-electron chi connectivity index (χ4n) is 3.93. The second kappa shape index (κ2) is 7.64. The van der Waals surface area contributed by atoms with E-state index in [0.717, 1.165) is 41.7 Å². The van der Waals surface area contributed by atoms with E-state index >= 15 is 0 Å². The zero-order valence-electron chi connectivity index (χ0n) is 16.3. The van der Waals surface area contributed by atoms with Gasteiger partial charge in [0.15, 0.2) is 0 Å². The van der Waals surface area contributed by atoms with E-state index in [1.807, 2.05) is 47.7 Å². The molecule has 1 aliphatic rings. The van der Waals surface area contributed by atoms with Crippen molar-refractivity contribution in [2.24, 2.45) is 7.05 Å². The Morgan fingerprint density at radius 3 is 2.93 bits per heavy atom. The molecule has 1 aromatic carbocycles. The number of fused-ring (bicyclic) bond motifs is 1. The molecule has 0 saturated carbocycles. The number of benzene rings is 1. The minimum Gasteiger partial charge on any atom is -0.508 e. The van der Waals surface area contributed by atoms with Gasteiger partial charge in [0.1, 0.15) is 5.75 Å². The van der Waals surface area contributed by atoms with Gasteiger partial charge in [-0.1, -0.05) is 6.07 Å². The van der Waals surface area contributed by atoms with Gasteiger partial charge in [-0.25, -0.2) is 0 Å². The lowest BCUT2D eigenvalue weighted by Gasteiger charge is -2.25. The molecule has 3 aromatic rings. The van der Waals surface area contributed by atoms with Crippen LogP contribution in [0.5, 0.6) is 5.75 Å². The Kier molecular flexibility index (Phi) is 5.05. The zero-order valence-corrected chi connectivity index (χ0v) is 16.3. The van der Waals surface area contributed by atoms with E-state index in [1.54, 1.807) is 18.3 Å². The average molecular weight is 379 g/mol. The summed E-state index contributed by atoms with van der Waals surface area (Å²) in [6.45, 7) is 3.64. The normalized spacial score (nSPS) is 16.6. The molecule has 0 spiro atoms. The first-order chi connectivity index (χ1) is 13.5. The maximum absolute atomic E-state index is 13.6. The van der Waals surface area contributed by atoms with Crippen molar-refractivity contribution in [3.63, 3.8) is 0 Å². The summed E-state index contributed by atoms with van der Waals surface area (Å²) in [5, 5.41) is 10.7. The van der Waals surface area contributed by atoms with Crippen LogP contribution in [0.1, 0.15) is 34.6 Å². The van der Waals surface area contributed by atoms with Crippen LogP contribution in [0.4, 0.5) is 0 Å². The summed E-state index contributed by atoms with van der Waals surface area (Å²) in [6.07, 6.45) is 3.78. The third kappa shape index (κ3) is 3.47. The smallest absolute Gasteiger partial charge is 0.256 e. The summed E-state index contributed by atoms with van der Waals surface area (Å²) in [6, 6.07) is 10.9. The summed E-state index contributed by atoms with van der Waals surface area (Å²) < 4.78 is 7.78. The molecule has 0 bridgehead atoms. The quantitative estimate of drug-likeness (QED) is 0.738. The first-order valence-electron chi connectivity index (χ1n) is 9.63. The van der Waals surface area contributed by atoms with E-state index in [0.29, 0.717) is 18.7 Å². The maximum Gasteiger partial charge on any atom is 0.256 e. The molecule has 1 atom stereocenters. The van der Waals surface area contributed by atoms with Crippen molar-refractivity contribution in [2.45, 2.75) is 32.4 Å². The number of aromatic nitrogens is 2. The highest BCUT2D eigenvalue weighted by Gasteiger charge is 2.27. The molecule has 146 valence electrons. The van der Waals surface area contributed by atoms with Gasteiger partial charge in [0.2, 0.25) is 0 Å². The Balaban J connectivity index is 1.73. The van der Waals surface area contributed by atoms with E-state index in [2.05, 4.69) is 4.98 Å². The van der Waals surface area contributed by atoms with E-state index in [1.165, 1.54) is 0 Å². The minimum absolute atomic E-state index is 0.0522. The molecular weight excluding hydrogens is 354 g/mol. The molecule has 1 fully saturated rings. The van der Waals surface area contributed by atoms with Crippen molar-refractivity contribution in [1.29, 1.82) is 0 Å². The number of hydrogen-bond acceptors (Lipinski definition) is 4. The Morgan fingerprint density at radius 1 is 1.36 bits per heavy atom. The number of amides is 1. The number of carbonyl (C=O) groups is 1. The van der Waals surface area contributed by atoms with Gasteiger partial charge in [0, 0.05) is 43.0 Å². The van der Waals surface area contributed by atoms with Gasteiger partial charge in [-0.2, -0.15) is 0 Å². The lowest BCUT2D eigenvalue weighted by molar-refractivity contribution is 0.0505. The highest BCUT2D eigenvalue weighted by molar-refractivity contribution is 6.08. The fourth-order valence-corrected chi connectivity index (χ4v) is 3.93. The Hall–Kier alpha value is -2.86. The van der Waals surface area contributed by atoms with Gasteiger partial charge >= 0.3 is 0 Å². The zero-order chi connectivity index (χ0) is 19.7. The van der Waals surface area contributed by atoms with Crippen molar-refractivity contribution in [3.8, 4) is 5.75 Å². The molecule has 1 amide bonds. The van der Waals surface area contributed by atoms with Crippen LogP contribution in [-0.4, -0.2) is 44.7 Å². The molecule has 1 unspecified atom stereocenters. The predicted octanol–water partition coefficient (Wildman–Crippen LogP) is 3.41. The lowest BCUT2D eigenvalue weighted by Crippen LogP contribution is -2.37. The highest BCUT2D eigenvalue weighted by Crippen LogP contribution is 2.30. The predicted molar refractivity (Wildman–Crippen MR) is 107 cm³/mol. The third-order valence-electron chi connectivity index (χ3n) is 5.50. The highest BCUT2D eigenvalue weighted by atomic mass is 16.5. The van der Waals surface area contributed by atoms with Crippen LogP contribution in [0.15, 0.2) is 42.6 Å². The topological polar surface area (TPSA) is 67.6 Å². The van der Waals surface area contributed by atoms with E-state index < -0.39 is 0 Å². The van der Waals surface area contributed by atoms with Crippen LogP contribution >= 0.6 is 0 Å². The molecule has 0 aliphatic carbocycles. The fraction of sp³-hybridized carbons (Fsp3) is 0.364. The van der Waals surface area contributed by atoms with Gasteiger partial charge in [-0.05, 0) is 50.1 Å². The first kappa shape index (κ1) is 18.5. The molecule has 1 aliphatic heterocycles. The molecule has 6 heteroatoms. The molecule has 4 rings (SSSR count). The van der Waals surface area contributed by atoms with Gasteiger partial charge in [0.05, 0.1) is 23.9 Å². The van der Waals surface area contributed by atoms with Crippen molar-refractivity contribution < 1.29 is 14.6 Å². The van der Waals surface area contributed by atoms with Crippen LogP contribution in [0.25, 0.3) is 10.9 Å². The number of pyridine rings is 1.